The number of pyridine rings is 1. The number of aryl methyl sites for hydroxylation is 1. The maximum Gasteiger partial charge on any atom is 0.300 e. The molecular weight excluding hydrogens is 442 g/mol. The molecule has 0 radical (unpaired) electrons. The van der Waals surface area contributed by atoms with Gasteiger partial charge in [-0.15, -0.1) is 0 Å². The van der Waals surface area contributed by atoms with Gasteiger partial charge in [0, 0.05) is 29.7 Å². The number of amides is 1. The molecule has 2 aromatic carbocycles. The van der Waals surface area contributed by atoms with Crippen molar-refractivity contribution in [1.29, 1.82) is 0 Å². The second-order valence-electron chi connectivity index (χ2n) is 8.19. The largest absolute Gasteiger partial charge is 0.507 e. The predicted molar refractivity (Wildman–Crippen MR) is 122 cm³/mol. The molecule has 1 N–H and O–H groups in total. The van der Waals surface area contributed by atoms with Gasteiger partial charge in [0.05, 0.1) is 17.7 Å². The van der Waals surface area contributed by atoms with Crippen molar-refractivity contribution in [2.45, 2.75) is 32.9 Å². The summed E-state index contributed by atoms with van der Waals surface area (Å²) in [4.78, 5) is 31.2. The smallest absolute Gasteiger partial charge is 0.300 e. The predicted octanol–water partition coefficient (Wildman–Crippen LogP) is 5.08. The molecule has 8 heteroatoms. The fraction of sp³-hybridized carbons (Fsp3) is 0.192. The van der Waals surface area contributed by atoms with Crippen LogP contribution in [0.4, 0.5) is 14.5 Å². The zero-order valence-electron chi connectivity index (χ0n) is 18.8. The molecule has 0 saturated carbocycles. The maximum absolute atomic E-state index is 14.0. The van der Waals surface area contributed by atoms with Gasteiger partial charge < -0.3 is 9.84 Å². The molecule has 1 aromatic heterocycles. The monoisotopic (exact) mass is 464 g/mol. The number of ketones is 1. The van der Waals surface area contributed by atoms with Gasteiger partial charge in [0.1, 0.15) is 11.5 Å². The van der Waals surface area contributed by atoms with E-state index in [2.05, 4.69) is 4.98 Å². The number of aliphatic hydroxyl groups is 1. The SMILES string of the molecule is Cc1cc(/C(O)=C2\C(=O)C(=O)N(c3ccc(F)c(F)c3)C2c2ccncc2)ccc1OC(C)C. The molecule has 0 bridgehead atoms. The van der Waals surface area contributed by atoms with E-state index in [-0.39, 0.29) is 23.1 Å². The fourth-order valence-electron chi connectivity index (χ4n) is 3.93. The summed E-state index contributed by atoms with van der Waals surface area (Å²) < 4.78 is 33.3. The van der Waals surface area contributed by atoms with Gasteiger partial charge in [-0.25, -0.2) is 8.78 Å². The van der Waals surface area contributed by atoms with E-state index in [0.29, 0.717) is 16.9 Å². The number of hydrogen-bond acceptors (Lipinski definition) is 5. The van der Waals surface area contributed by atoms with Crippen molar-refractivity contribution in [3.63, 3.8) is 0 Å². The lowest BCUT2D eigenvalue weighted by Crippen LogP contribution is -2.29. The Balaban J connectivity index is 1.89. The number of halogens is 2. The normalized spacial score (nSPS) is 17.5. The summed E-state index contributed by atoms with van der Waals surface area (Å²) in [5.74, 6) is -3.91. The van der Waals surface area contributed by atoms with Gasteiger partial charge in [0.25, 0.3) is 11.7 Å². The molecule has 4 rings (SSSR count). The average Bonchev–Trinajstić information content (AvgIpc) is 3.07. The summed E-state index contributed by atoms with van der Waals surface area (Å²) >= 11 is 0. The molecule has 34 heavy (non-hydrogen) atoms. The molecule has 1 aliphatic heterocycles. The van der Waals surface area contributed by atoms with Crippen molar-refractivity contribution in [2.24, 2.45) is 0 Å². The first-order chi connectivity index (χ1) is 16.2. The first kappa shape index (κ1) is 23.1. The molecule has 6 nitrogen and oxygen atoms in total. The van der Waals surface area contributed by atoms with E-state index in [1.54, 1.807) is 37.3 Å². The van der Waals surface area contributed by atoms with Crippen LogP contribution in [-0.4, -0.2) is 27.9 Å². The van der Waals surface area contributed by atoms with Crippen LogP contribution in [0.15, 0.2) is 66.5 Å². The molecule has 1 amide bonds. The zero-order chi connectivity index (χ0) is 24.6. The van der Waals surface area contributed by atoms with Crippen molar-refractivity contribution in [3.05, 3.63) is 94.8 Å². The van der Waals surface area contributed by atoms with Crippen LogP contribution in [0.5, 0.6) is 5.75 Å². The third-order valence-corrected chi connectivity index (χ3v) is 5.46. The Morgan fingerprint density at radius 3 is 2.35 bits per heavy atom. The number of carbonyl (C=O) groups excluding carboxylic acids is 2. The van der Waals surface area contributed by atoms with E-state index in [1.807, 2.05) is 13.8 Å². The van der Waals surface area contributed by atoms with Crippen molar-refractivity contribution in [3.8, 4) is 5.75 Å². The summed E-state index contributed by atoms with van der Waals surface area (Å²) in [5.41, 5.74) is 1.33. The molecule has 1 unspecified atom stereocenters. The van der Waals surface area contributed by atoms with E-state index in [4.69, 9.17) is 4.74 Å². The summed E-state index contributed by atoms with van der Waals surface area (Å²) in [7, 11) is 0. The lowest BCUT2D eigenvalue weighted by Gasteiger charge is -2.25. The Kier molecular flexibility index (Phi) is 6.15. The molecule has 1 atom stereocenters. The lowest BCUT2D eigenvalue weighted by molar-refractivity contribution is -0.132. The number of anilines is 1. The van der Waals surface area contributed by atoms with Crippen LogP contribution in [0.1, 0.15) is 36.6 Å². The van der Waals surface area contributed by atoms with Crippen LogP contribution in [0.3, 0.4) is 0 Å². The minimum Gasteiger partial charge on any atom is -0.507 e. The number of hydrogen-bond donors (Lipinski definition) is 1. The van der Waals surface area contributed by atoms with Crippen molar-refractivity contribution >= 4 is 23.1 Å². The number of Topliss-reactive ketones (excluding diaryl/α,β-unsaturated/α-hetero) is 1. The van der Waals surface area contributed by atoms with E-state index in [0.717, 1.165) is 22.6 Å². The Morgan fingerprint density at radius 1 is 1.03 bits per heavy atom. The van der Waals surface area contributed by atoms with E-state index in [1.165, 1.54) is 18.5 Å². The molecule has 0 aliphatic carbocycles. The number of ether oxygens (including phenoxy) is 1. The van der Waals surface area contributed by atoms with Crippen LogP contribution in [0.25, 0.3) is 5.76 Å². The summed E-state index contributed by atoms with van der Waals surface area (Å²) in [6.45, 7) is 5.58. The van der Waals surface area contributed by atoms with Gasteiger partial charge >= 0.3 is 0 Å². The minimum atomic E-state index is -1.16. The Morgan fingerprint density at radius 2 is 1.74 bits per heavy atom. The quantitative estimate of drug-likeness (QED) is 0.324. The molecule has 1 aliphatic rings. The molecular formula is C26H22F2N2O4. The van der Waals surface area contributed by atoms with Crippen molar-refractivity contribution < 1.29 is 28.2 Å². The highest BCUT2D eigenvalue weighted by atomic mass is 19.2. The maximum atomic E-state index is 14.0. The topological polar surface area (TPSA) is 79.7 Å². The lowest BCUT2D eigenvalue weighted by atomic mass is 9.95. The molecule has 2 heterocycles. The first-order valence-corrected chi connectivity index (χ1v) is 10.6. The number of aromatic nitrogens is 1. The Hall–Kier alpha value is -4.07. The standard InChI is InChI=1S/C26H22F2N2O4/c1-14(2)34-21-7-4-17(12-15(21)3)24(31)22-23(16-8-10-29-11-9-16)30(26(33)25(22)32)18-5-6-19(27)20(28)13-18/h4-14,23,31H,1-3H3/b24-22+. The Bertz CT molecular complexity index is 1310. The Labute approximate surface area is 195 Å². The molecule has 0 spiro atoms. The van der Waals surface area contributed by atoms with E-state index < -0.39 is 29.4 Å². The number of carbonyl (C=O) groups is 2. The van der Waals surface area contributed by atoms with Gasteiger partial charge in [-0.05, 0) is 74.4 Å². The van der Waals surface area contributed by atoms with Crippen LogP contribution >= 0.6 is 0 Å². The van der Waals surface area contributed by atoms with Gasteiger partial charge in [0.15, 0.2) is 11.6 Å². The van der Waals surface area contributed by atoms with Crippen LogP contribution in [-0.2, 0) is 9.59 Å². The molecule has 1 saturated heterocycles. The van der Waals surface area contributed by atoms with Crippen LogP contribution < -0.4 is 9.64 Å². The van der Waals surface area contributed by atoms with Gasteiger partial charge in [-0.3, -0.25) is 19.5 Å². The highest BCUT2D eigenvalue weighted by Gasteiger charge is 2.47. The zero-order valence-corrected chi connectivity index (χ0v) is 18.8. The van der Waals surface area contributed by atoms with E-state index >= 15 is 0 Å². The van der Waals surface area contributed by atoms with Crippen molar-refractivity contribution in [1.82, 2.24) is 4.98 Å². The van der Waals surface area contributed by atoms with Crippen LogP contribution in [0.2, 0.25) is 0 Å². The highest BCUT2D eigenvalue weighted by molar-refractivity contribution is 6.51. The minimum absolute atomic E-state index is 0.0151. The van der Waals surface area contributed by atoms with Crippen LogP contribution in [0, 0.1) is 18.6 Å². The summed E-state index contributed by atoms with van der Waals surface area (Å²) in [6, 6.07) is 9.96. The highest BCUT2D eigenvalue weighted by Crippen LogP contribution is 2.42. The van der Waals surface area contributed by atoms with Gasteiger partial charge in [-0.1, -0.05) is 0 Å². The second kappa shape index (κ2) is 9.05. The number of aliphatic hydroxyl groups excluding tert-OH is 1. The fourth-order valence-corrected chi connectivity index (χ4v) is 3.93. The third kappa shape index (κ3) is 4.14. The molecule has 1 fully saturated rings. The van der Waals surface area contributed by atoms with Gasteiger partial charge in [0.2, 0.25) is 0 Å². The van der Waals surface area contributed by atoms with E-state index in [9.17, 15) is 23.5 Å². The third-order valence-electron chi connectivity index (χ3n) is 5.46. The van der Waals surface area contributed by atoms with Crippen molar-refractivity contribution in [2.75, 3.05) is 4.90 Å². The summed E-state index contributed by atoms with van der Waals surface area (Å²) in [5, 5.41) is 11.2. The first-order valence-electron chi connectivity index (χ1n) is 10.6. The average molecular weight is 464 g/mol. The molecule has 174 valence electrons. The van der Waals surface area contributed by atoms with Gasteiger partial charge in [-0.2, -0.15) is 0 Å². The molecule has 3 aromatic rings. The number of rotatable bonds is 5. The second-order valence-corrected chi connectivity index (χ2v) is 8.19. The summed E-state index contributed by atoms with van der Waals surface area (Å²) in [6.07, 6.45) is 2.90. The number of nitrogens with zero attached hydrogens (tertiary/aromatic N) is 2. The number of benzene rings is 2.